The van der Waals surface area contributed by atoms with E-state index in [1.165, 1.54) is 0 Å². The van der Waals surface area contributed by atoms with Gasteiger partial charge in [-0.3, -0.25) is 9.69 Å². The van der Waals surface area contributed by atoms with Crippen molar-refractivity contribution < 1.29 is 4.79 Å². The summed E-state index contributed by atoms with van der Waals surface area (Å²) in [4.78, 5) is 15.0. The molecule has 0 saturated heterocycles. The third-order valence-electron chi connectivity index (χ3n) is 5.82. The van der Waals surface area contributed by atoms with E-state index in [0.29, 0.717) is 45.5 Å². The van der Waals surface area contributed by atoms with Crippen molar-refractivity contribution in [2.75, 3.05) is 4.90 Å². The number of nitrogens with two attached hydrogens (primary N) is 1. The van der Waals surface area contributed by atoms with Gasteiger partial charge in [0.05, 0.1) is 27.6 Å². The number of carbonyl (C=O) groups is 1. The predicted octanol–water partition coefficient (Wildman–Crippen LogP) is 5.92. The Bertz CT molecular complexity index is 1170. The van der Waals surface area contributed by atoms with E-state index in [2.05, 4.69) is 6.07 Å². The molecule has 1 heterocycles. The van der Waals surface area contributed by atoms with E-state index < -0.39 is 5.92 Å². The highest BCUT2D eigenvalue weighted by molar-refractivity contribution is 6.42. The van der Waals surface area contributed by atoms with Crippen molar-refractivity contribution in [2.45, 2.75) is 39.0 Å². The van der Waals surface area contributed by atoms with Crippen LogP contribution in [0.2, 0.25) is 10.0 Å². The van der Waals surface area contributed by atoms with Gasteiger partial charge in [-0.1, -0.05) is 47.0 Å². The lowest BCUT2D eigenvalue weighted by atomic mass is 9.74. The number of hydrogen-bond donors (Lipinski definition) is 1. The van der Waals surface area contributed by atoms with Gasteiger partial charge in [0.1, 0.15) is 5.82 Å². The lowest BCUT2D eigenvalue weighted by molar-refractivity contribution is -0.116. The Labute approximate surface area is 186 Å². The maximum atomic E-state index is 13.2. The highest BCUT2D eigenvalue weighted by Gasteiger charge is 2.40. The number of halogens is 2. The Morgan fingerprint density at radius 3 is 2.57 bits per heavy atom. The average molecular weight is 438 g/mol. The second-order valence-corrected chi connectivity index (χ2v) is 8.59. The lowest BCUT2D eigenvalue weighted by Gasteiger charge is -2.40. The summed E-state index contributed by atoms with van der Waals surface area (Å²) in [6, 6.07) is 13.6. The zero-order valence-electron chi connectivity index (χ0n) is 16.8. The molecular weight excluding hydrogens is 417 g/mol. The molecular formula is C24H21Cl2N3O. The van der Waals surface area contributed by atoms with Crippen LogP contribution in [0, 0.1) is 25.2 Å². The highest BCUT2D eigenvalue weighted by atomic mass is 35.5. The van der Waals surface area contributed by atoms with Gasteiger partial charge >= 0.3 is 0 Å². The molecule has 2 aromatic rings. The van der Waals surface area contributed by atoms with Crippen LogP contribution in [0.5, 0.6) is 0 Å². The predicted molar refractivity (Wildman–Crippen MR) is 120 cm³/mol. The van der Waals surface area contributed by atoms with Crippen LogP contribution in [-0.2, 0) is 4.79 Å². The van der Waals surface area contributed by atoms with Gasteiger partial charge in [-0.25, -0.2) is 0 Å². The Kier molecular flexibility index (Phi) is 5.36. The van der Waals surface area contributed by atoms with Crippen molar-refractivity contribution in [3.8, 4) is 6.07 Å². The molecule has 2 aliphatic rings. The molecule has 2 aromatic carbocycles. The van der Waals surface area contributed by atoms with Crippen molar-refractivity contribution >= 4 is 34.7 Å². The summed E-state index contributed by atoms with van der Waals surface area (Å²) >= 11 is 12.3. The van der Waals surface area contributed by atoms with Crippen molar-refractivity contribution in [1.82, 2.24) is 0 Å². The molecule has 1 aliphatic heterocycles. The SMILES string of the molecule is Cc1ccc(C)c(C2C(C#N)=C(N)N(c3ccc(Cl)c(Cl)c3)C3=C2C(=O)CCC3)c1. The first-order valence-electron chi connectivity index (χ1n) is 9.81. The summed E-state index contributed by atoms with van der Waals surface area (Å²) < 4.78 is 0. The maximum Gasteiger partial charge on any atom is 0.161 e. The van der Waals surface area contributed by atoms with Gasteiger partial charge in [0.15, 0.2) is 5.78 Å². The Morgan fingerprint density at radius 1 is 1.10 bits per heavy atom. The Morgan fingerprint density at radius 2 is 1.87 bits per heavy atom. The molecule has 6 heteroatoms. The normalized spacial score (nSPS) is 19.1. The molecule has 2 N–H and O–H groups in total. The molecule has 1 aliphatic carbocycles. The van der Waals surface area contributed by atoms with Crippen LogP contribution in [0.15, 0.2) is 59.1 Å². The molecule has 4 nitrogen and oxygen atoms in total. The molecule has 0 fully saturated rings. The van der Waals surface area contributed by atoms with Gasteiger partial charge in [0, 0.05) is 23.4 Å². The molecule has 152 valence electrons. The standard InChI is InChI=1S/C24H21Cl2N3O/c1-13-6-7-14(2)16(10-13)22-17(12-27)24(28)29(15-8-9-18(25)19(26)11-15)20-4-3-5-21(30)23(20)22/h6-11,22H,3-5,28H2,1-2H3. The minimum atomic E-state index is -0.461. The van der Waals surface area contributed by atoms with E-state index in [1.807, 2.05) is 32.0 Å². The number of nitrogens with zero attached hydrogens (tertiary/aromatic N) is 2. The number of ketones is 1. The summed E-state index contributed by atoms with van der Waals surface area (Å²) in [6.45, 7) is 4.00. The van der Waals surface area contributed by atoms with Crippen molar-refractivity contribution in [3.63, 3.8) is 0 Å². The summed E-state index contributed by atoms with van der Waals surface area (Å²) in [7, 11) is 0. The van der Waals surface area contributed by atoms with Crippen LogP contribution in [0.25, 0.3) is 0 Å². The van der Waals surface area contributed by atoms with Gasteiger partial charge in [-0.2, -0.15) is 5.26 Å². The largest absolute Gasteiger partial charge is 0.384 e. The minimum absolute atomic E-state index is 0.0625. The van der Waals surface area contributed by atoms with E-state index in [1.54, 1.807) is 23.1 Å². The average Bonchev–Trinajstić information content (AvgIpc) is 2.71. The number of Topliss-reactive ketones (excluding diaryl/α,β-unsaturated/α-hetero) is 1. The van der Waals surface area contributed by atoms with Gasteiger partial charge in [-0.15, -0.1) is 0 Å². The monoisotopic (exact) mass is 437 g/mol. The number of benzene rings is 2. The fourth-order valence-electron chi connectivity index (χ4n) is 4.39. The van der Waals surface area contributed by atoms with Gasteiger partial charge in [0.25, 0.3) is 0 Å². The number of aryl methyl sites for hydroxylation is 2. The molecule has 0 bridgehead atoms. The Hall–Kier alpha value is -2.74. The van der Waals surface area contributed by atoms with E-state index in [0.717, 1.165) is 28.8 Å². The first kappa shape index (κ1) is 20.5. The van der Waals surface area contributed by atoms with Crippen LogP contribution >= 0.6 is 23.2 Å². The lowest BCUT2D eigenvalue weighted by Crippen LogP contribution is -2.38. The summed E-state index contributed by atoms with van der Waals surface area (Å²) in [5, 5.41) is 10.9. The second kappa shape index (κ2) is 7.83. The fraction of sp³-hybridized carbons (Fsp3) is 0.250. The van der Waals surface area contributed by atoms with Crippen molar-refractivity contribution in [3.05, 3.63) is 85.8 Å². The number of carbonyl (C=O) groups excluding carboxylic acids is 1. The quantitative estimate of drug-likeness (QED) is 0.633. The molecule has 0 amide bonds. The number of nitriles is 1. The topological polar surface area (TPSA) is 70.1 Å². The number of anilines is 1. The summed E-state index contributed by atoms with van der Waals surface area (Å²) in [5.74, 6) is -0.0700. The maximum absolute atomic E-state index is 13.2. The van der Waals surface area contributed by atoms with E-state index in [4.69, 9.17) is 28.9 Å². The van der Waals surface area contributed by atoms with E-state index >= 15 is 0 Å². The number of allylic oxidation sites excluding steroid dienone is 3. The smallest absolute Gasteiger partial charge is 0.161 e. The van der Waals surface area contributed by atoms with Crippen LogP contribution < -0.4 is 10.6 Å². The van der Waals surface area contributed by atoms with Crippen LogP contribution in [0.1, 0.15) is 41.9 Å². The van der Waals surface area contributed by atoms with Crippen LogP contribution in [0.3, 0.4) is 0 Å². The molecule has 4 rings (SSSR count). The third kappa shape index (κ3) is 3.29. The first-order chi connectivity index (χ1) is 14.3. The van der Waals surface area contributed by atoms with Crippen LogP contribution in [-0.4, -0.2) is 5.78 Å². The zero-order chi connectivity index (χ0) is 21.6. The zero-order valence-corrected chi connectivity index (χ0v) is 18.3. The summed E-state index contributed by atoms with van der Waals surface area (Å²) in [5.41, 5.74) is 12.2. The van der Waals surface area contributed by atoms with Crippen molar-refractivity contribution in [1.29, 1.82) is 5.26 Å². The summed E-state index contributed by atoms with van der Waals surface area (Å²) in [6.07, 6.45) is 1.90. The van der Waals surface area contributed by atoms with Gasteiger partial charge in [-0.05, 0) is 56.0 Å². The molecule has 0 saturated carbocycles. The highest BCUT2D eigenvalue weighted by Crippen LogP contribution is 2.47. The second-order valence-electron chi connectivity index (χ2n) is 7.77. The van der Waals surface area contributed by atoms with Crippen LogP contribution in [0.4, 0.5) is 5.69 Å². The Balaban J connectivity index is 2.00. The first-order valence-corrected chi connectivity index (χ1v) is 10.6. The molecule has 0 spiro atoms. The minimum Gasteiger partial charge on any atom is -0.384 e. The molecule has 0 radical (unpaired) electrons. The fourth-order valence-corrected chi connectivity index (χ4v) is 4.68. The number of hydrogen-bond acceptors (Lipinski definition) is 4. The molecule has 1 atom stereocenters. The van der Waals surface area contributed by atoms with E-state index in [-0.39, 0.29) is 5.78 Å². The molecule has 0 aromatic heterocycles. The number of rotatable bonds is 2. The molecule has 30 heavy (non-hydrogen) atoms. The van der Waals surface area contributed by atoms with Gasteiger partial charge in [0.2, 0.25) is 0 Å². The molecule has 1 unspecified atom stereocenters. The van der Waals surface area contributed by atoms with Crippen molar-refractivity contribution in [2.24, 2.45) is 5.73 Å². The van der Waals surface area contributed by atoms with Gasteiger partial charge < -0.3 is 5.73 Å². The van der Waals surface area contributed by atoms with E-state index in [9.17, 15) is 10.1 Å². The third-order valence-corrected chi connectivity index (χ3v) is 6.56.